The topological polar surface area (TPSA) is 44.0 Å². The van der Waals surface area contributed by atoms with Gasteiger partial charge >= 0.3 is 0 Å². The average Bonchev–Trinajstić information content (AvgIpc) is 2.74. The first-order valence-electron chi connectivity index (χ1n) is 5.89. The molecule has 0 aliphatic carbocycles. The third kappa shape index (κ3) is 2.63. The minimum absolute atomic E-state index is 0. The van der Waals surface area contributed by atoms with Gasteiger partial charge < -0.3 is 10.3 Å². The van der Waals surface area contributed by atoms with Crippen molar-refractivity contribution in [1.29, 1.82) is 0 Å². The van der Waals surface area contributed by atoms with Gasteiger partial charge in [0.15, 0.2) is 5.82 Å². The number of nitrogens with zero attached hydrogens (tertiary/aromatic N) is 2. The summed E-state index contributed by atoms with van der Waals surface area (Å²) >= 11 is 0. The van der Waals surface area contributed by atoms with Gasteiger partial charge in [0, 0.05) is 26.2 Å². The van der Waals surface area contributed by atoms with Gasteiger partial charge in [-0.1, -0.05) is 6.07 Å². The Bertz CT molecular complexity index is 522. The summed E-state index contributed by atoms with van der Waals surface area (Å²) < 4.78 is 13.5. The van der Waals surface area contributed by atoms with Crippen LogP contribution in [0, 0.1) is 5.82 Å². The van der Waals surface area contributed by atoms with Crippen LogP contribution in [0.5, 0.6) is 0 Å². The normalized spacial score (nSPS) is 16.7. The Morgan fingerprint density at radius 3 is 2.78 bits per heavy atom. The first-order chi connectivity index (χ1) is 8.33. The zero-order valence-corrected chi connectivity index (χ0v) is 10.8. The fourth-order valence-electron chi connectivity index (χ4n) is 2.20. The molecular formula is C12H16ClFN4. The maximum Gasteiger partial charge on any atom is 0.151 e. The molecule has 2 N–H and O–H groups in total. The first kappa shape index (κ1) is 13.3. The lowest BCUT2D eigenvalue weighted by Gasteiger charge is -2.26. The number of para-hydroxylation sites is 1. The maximum absolute atomic E-state index is 13.5. The zero-order valence-electron chi connectivity index (χ0n) is 9.95. The number of aromatic nitrogens is 2. The van der Waals surface area contributed by atoms with Crippen molar-refractivity contribution in [2.75, 3.05) is 26.2 Å². The molecule has 2 heterocycles. The summed E-state index contributed by atoms with van der Waals surface area (Å²) in [4.78, 5) is 9.80. The van der Waals surface area contributed by atoms with Crippen molar-refractivity contribution in [3.05, 3.63) is 29.8 Å². The molecule has 1 saturated heterocycles. The highest BCUT2D eigenvalue weighted by Gasteiger charge is 2.13. The fourth-order valence-corrected chi connectivity index (χ4v) is 2.20. The summed E-state index contributed by atoms with van der Waals surface area (Å²) in [5.41, 5.74) is 1.22. The Balaban J connectivity index is 0.00000120. The van der Waals surface area contributed by atoms with E-state index in [1.54, 1.807) is 6.07 Å². The van der Waals surface area contributed by atoms with Crippen molar-refractivity contribution in [1.82, 2.24) is 20.2 Å². The number of hydrogen-bond donors (Lipinski definition) is 2. The van der Waals surface area contributed by atoms with Crippen LogP contribution in [0.2, 0.25) is 0 Å². The Morgan fingerprint density at radius 1 is 1.28 bits per heavy atom. The van der Waals surface area contributed by atoms with Crippen LogP contribution in [0.1, 0.15) is 5.82 Å². The number of rotatable bonds is 2. The van der Waals surface area contributed by atoms with E-state index in [0.717, 1.165) is 44.1 Å². The quantitative estimate of drug-likeness (QED) is 0.870. The number of halogens is 2. The highest BCUT2D eigenvalue weighted by molar-refractivity contribution is 5.85. The van der Waals surface area contributed by atoms with E-state index in [-0.39, 0.29) is 18.2 Å². The molecule has 1 aliphatic rings. The van der Waals surface area contributed by atoms with Crippen LogP contribution in [0.3, 0.4) is 0 Å². The van der Waals surface area contributed by atoms with Gasteiger partial charge in [-0.2, -0.15) is 0 Å². The molecular weight excluding hydrogens is 255 g/mol. The molecule has 1 aromatic carbocycles. The second-order valence-corrected chi connectivity index (χ2v) is 4.35. The molecule has 6 heteroatoms. The summed E-state index contributed by atoms with van der Waals surface area (Å²) in [6, 6.07) is 4.99. The Labute approximate surface area is 111 Å². The average molecular weight is 271 g/mol. The number of nitrogens with one attached hydrogen (secondary N) is 2. The maximum atomic E-state index is 13.5. The predicted octanol–water partition coefficient (Wildman–Crippen LogP) is 1.53. The second kappa shape index (κ2) is 5.65. The van der Waals surface area contributed by atoms with Crippen molar-refractivity contribution < 1.29 is 4.39 Å². The van der Waals surface area contributed by atoms with Crippen LogP contribution in [0.4, 0.5) is 4.39 Å². The zero-order chi connectivity index (χ0) is 11.7. The van der Waals surface area contributed by atoms with E-state index in [0.29, 0.717) is 5.52 Å². The monoisotopic (exact) mass is 270 g/mol. The molecule has 0 spiro atoms. The van der Waals surface area contributed by atoms with Gasteiger partial charge in [0.2, 0.25) is 0 Å². The summed E-state index contributed by atoms with van der Waals surface area (Å²) in [6.07, 6.45) is 0. The third-order valence-electron chi connectivity index (χ3n) is 3.10. The Kier molecular flexibility index (Phi) is 4.16. The van der Waals surface area contributed by atoms with Crippen molar-refractivity contribution >= 4 is 23.4 Å². The van der Waals surface area contributed by atoms with Crippen LogP contribution in [0.15, 0.2) is 18.2 Å². The van der Waals surface area contributed by atoms with Crippen LogP contribution in [0.25, 0.3) is 11.0 Å². The number of fused-ring (bicyclic) bond motifs is 1. The first-order valence-corrected chi connectivity index (χ1v) is 5.89. The van der Waals surface area contributed by atoms with E-state index in [1.165, 1.54) is 6.07 Å². The van der Waals surface area contributed by atoms with Gasteiger partial charge in [-0.15, -0.1) is 12.4 Å². The van der Waals surface area contributed by atoms with Gasteiger partial charge in [-0.25, -0.2) is 9.37 Å². The summed E-state index contributed by atoms with van der Waals surface area (Å²) in [7, 11) is 0. The number of benzene rings is 1. The molecule has 1 fully saturated rings. The van der Waals surface area contributed by atoms with Gasteiger partial charge in [-0.05, 0) is 12.1 Å². The molecule has 2 aromatic rings. The number of hydrogen-bond acceptors (Lipinski definition) is 3. The molecule has 0 unspecified atom stereocenters. The SMILES string of the molecule is Cl.Fc1cccc2[nH]c(CN3CCNCC3)nc12. The van der Waals surface area contributed by atoms with Crippen molar-refractivity contribution in [3.8, 4) is 0 Å². The van der Waals surface area contributed by atoms with Crippen LogP contribution < -0.4 is 5.32 Å². The van der Waals surface area contributed by atoms with Crippen molar-refractivity contribution in [2.45, 2.75) is 6.54 Å². The highest BCUT2D eigenvalue weighted by atomic mass is 35.5. The Morgan fingerprint density at radius 2 is 2.06 bits per heavy atom. The molecule has 4 nitrogen and oxygen atoms in total. The highest BCUT2D eigenvalue weighted by Crippen LogP contribution is 2.15. The van der Waals surface area contributed by atoms with Gasteiger partial charge in [0.1, 0.15) is 11.3 Å². The molecule has 3 rings (SSSR count). The number of H-pyrrole nitrogens is 1. The van der Waals surface area contributed by atoms with Crippen LogP contribution in [-0.2, 0) is 6.54 Å². The van der Waals surface area contributed by atoms with E-state index in [1.807, 2.05) is 6.07 Å². The smallest absolute Gasteiger partial charge is 0.151 e. The van der Waals surface area contributed by atoms with Gasteiger partial charge in [-0.3, -0.25) is 4.90 Å². The minimum atomic E-state index is -0.259. The number of aromatic amines is 1. The van der Waals surface area contributed by atoms with E-state index in [9.17, 15) is 4.39 Å². The minimum Gasteiger partial charge on any atom is -0.341 e. The second-order valence-electron chi connectivity index (χ2n) is 4.35. The molecule has 18 heavy (non-hydrogen) atoms. The largest absolute Gasteiger partial charge is 0.341 e. The van der Waals surface area contributed by atoms with Gasteiger partial charge in [0.25, 0.3) is 0 Å². The predicted molar refractivity (Wildman–Crippen MR) is 71.4 cm³/mol. The molecule has 0 atom stereocenters. The number of piperazine rings is 1. The Hall–Kier alpha value is -1.17. The summed E-state index contributed by atoms with van der Waals surface area (Å²) in [5.74, 6) is 0.581. The molecule has 0 saturated carbocycles. The molecule has 98 valence electrons. The molecule has 1 aromatic heterocycles. The van der Waals surface area contributed by atoms with E-state index in [4.69, 9.17) is 0 Å². The molecule has 0 amide bonds. The number of imidazole rings is 1. The molecule has 0 bridgehead atoms. The van der Waals surface area contributed by atoms with Gasteiger partial charge in [0.05, 0.1) is 12.1 Å². The fraction of sp³-hybridized carbons (Fsp3) is 0.417. The lowest BCUT2D eigenvalue weighted by Crippen LogP contribution is -2.43. The van der Waals surface area contributed by atoms with Crippen molar-refractivity contribution in [3.63, 3.8) is 0 Å². The van der Waals surface area contributed by atoms with Crippen molar-refractivity contribution in [2.24, 2.45) is 0 Å². The lowest BCUT2D eigenvalue weighted by atomic mass is 10.3. The summed E-state index contributed by atoms with van der Waals surface area (Å²) in [5, 5.41) is 3.30. The standard InChI is InChI=1S/C12H15FN4.ClH/c13-9-2-1-3-10-12(9)16-11(15-10)8-17-6-4-14-5-7-17;/h1-3,14H,4-8H2,(H,15,16);1H. The van der Waals surface area contributed by atoms with E-state index >= 15 is 0 Å². The molecule has 0 radical (unpaired) electrons. The van der Waals surface area contributed by atoms with Crippen LogP contribution in [-0.4, -0.2) is 41.0 Å². The lowest BCUT2D eigenvalue weighted by molar-refractivity contribution is 0.229. The van der Waals surface area contributed by atoms with E-state index in [2.05, 4.69) is 20.2 Å². The third-order valence-corrected chi connectivity index (χ3v) is 3.10. The molecule has 1 aliphatic heterocycles. The van der Waals surface area contributed by atoms with E-state index < -0.39 is 0 Å². The van der Waals surface area contributed by atoms with Crippen LogP contribution >= 0.6 is 12.4 Å². The summed E-state index contributed by atoms with van der Waals surface area (Å²) in [6.45, 7) is 4.80.